The van der Waals surface area contributed by atoms with E-state index in [0.29, 0.717) is 5.92 Å². The minimum Gasteiger partial charge on any atom is -0.378 e. The highest BCUT2D eigenvalue weighted by atomic mass is 14.9. The van der Waals surface area contributed by atoms with E-state index in [4.69, 9.17) is 0 Å². The number of hydrogen-bond donors (Lipinski definition) is 1. The van der Waals surface area contributed by atoms with Crippen LogP contribution in [0.3, 0.4) is 0 Å². The molecule has 0 saturated carbocycles. The third-order valence-electron chi connectivity index (χ3n) is 3.53. The van der Waals surface area contributed by atoms with E-state index in [9.17, 15) is 0 Å². The van der Waals surface area contributed by atoms with E-state index >= 15 is 0 Å². The normalized spacial score (nSPS) is 13.6. The van der Waals surface area contributed by atoms with Gasteiger partial charge in [0.05, 0.1) is 6.04 Å². The fourth-order valence-corrected chi connectivity index (χ4v) is 2.16. The maximum Gasteiger partial charge on any atom is 0.0576 e. The van der Waals surface area contributed by atoms with Gasteiger partial charge in [-0.05, 0) is 24.6 Å². The van der Waals surface area contributed by atoms with Gasteiger partial charge in [-0.2, -0.15) is 0 Å². The van der Waals surface area contributed by atoms with Gasteiger partial charge in [-0.15, -0.1) is 0 Å². The van der Waals surface area contributed by atoms with Gasteiger partial charge in [0.15, 0.2) is 0 Å². The van der Waals surface area contributed by atoms with Gasteiger partial charge < -0.3 is 5.32 Å². The van der Waals surface area contributed by atoms with Crippen LogP contribution >= 0.6 is 0 Å². The van der Waals surface area contributed by atoms with Crippen LogP contribution in [0.25, 0.3) is 0 Å². The second kappa shape index (κ2) is 6.24. The summed E-state index contributed by atoms with van der Waals surface area (Å²) in [6.07, 6.45) is 0. The summed E-state index contributed by atoms with van der Waals surface area (Å²) in [5.41, 5.74) is 3.63. The average Bonchev–Trinajstić information content (AvgIpc) is 2.46. The molecule has 0 heterocycles. The molecule has 2 atom stereocenters. The molecule has 0 aliphatic heterocycles. The highest BCUT2D eigenvalue weighted by Gasteiger charge is 2.19. The predicted octanol–water partition coefficient (Wildman–Crippen LogP) is 5.05. The van der Waals surface area contributed by atoms with E-state index in [1.165, 1.54) is 11.1 Å². The molecule has 1 heteroatoms. The monoisotopic (exact) mass is 251 g/mol. The summed E-state index contributed by atoms with van der Waals surface area (Å²) in [5.74, 6) is 0.377. The van der Waals surface area contributed by atoms with Gasteiger partial charge in [0, 0.05) is 11.6 Å². The zero-order valence-corrected chi connectivity index (χ0v) is 11.6. The first kappa shape index (κ1) is 13.4. The summed E-state index contributed by atoms with van der Waals surface area (Å²) in [6, 6.07) is 21.1. The van der Waals surface area contributed by atoms with Crippen LogP contribution in [0.5, 0.6) is 0 Å². The molecular weight excluding hydrogens is 230 g/mol. The molecule has 2 aromatic carbocycles. The summed E-state index contributed by atoms with van der Waals surface area (Å²) in [5, 5.41) is 3.62. The van der Waals surface area contributed by atoms with Crippen molar-refractivity contribution in [3.63, 3.8) is 0 Å². The Kier molecular flexibility index (Phi) is 4.40. The van der Waals surface area contributed by atoms with E-state index < -0.39 is 0 Å². The zero-order valence-electron chi connectivity index (χ0n) is 11.6. The second-order valence-electron chi connectivity index (χ2n) is 5.03. The maximum absolute atomic E-state index is 4.10. The van der Waals surface area contributed by atoms with Crippen LogP contribution < -0.4 is 5.32 Å². The van der Waals surface area contributed by atoms with Gasteiger partial charge in [0.25, 0.3) is 0 Å². The third-order valence-corrected chi connectivity index (χ3v) is 3.53. The van der Waals surface area contributed by atoms with Crippen LogP contribution in [0.1, 0.15) is 25.5 Å². The number of para-hydroxylation sites is 1. The Labute approximate surface area is 116 Å². The lowest BCUT2D eigenvalue weighted by atomic mass is 9.89. The molecule has 0 fully saturated rings. The minimum atomic E-state index is 0.251. The Morgan fingerprint density at radius 1 is 0.947 bits per heavy atom. The van der Waals surface area contributed by atoms with Crippen molar-refractivity contribution in [1.29, 1.82) is 0 Å². The smallest absolute Gasteiger partial charge is 0.0576 e. The molecule has 2 rings (SSSR count). The first-order valence-electron chi connectivity index (χ1n) is 6.70. The van der Waals surface area contributed by atoms with Crippen LogP contribution in [0, 0.1) is 5.92 Å². The number of nitrogens with one attached hydrogen (secondary N) is 1. The van der Waals surface area contributed by atoms with Crippen LogP contribution in [0.15, 0.2) is 72.8 Å². The number of hydrogen-bond acceptors (Lipinski definition) is 1. The lowest BCUT2D eigenvalue weighted by Crippen LogP contribution is -2.19. The molecule has 2 aromatic rings. The quantitative estimate of drug-likeness (QED) is 0.733. The summed E-state index contributed by atoms with van der Waals surface area (Å²) >= 11 is 0. The van der Waals surface area contributed by atoms with Crippen LogP contribution in [0.4, 0.5) is 5.69 Å². The van der Waals surface area contributed by atoms with Crippen LogP contribution in [0.2, 0.25) is 0 Å². The molecule has 0 saturated heterocycles. The van der Waals surface area contributed by atoms with Gasteiger partial charge in [0.1, 0.15) is 0 Å². The molecule has 0 amide bonds. The standard InChI is InChI=1S/C18H21N/c1-14(2)15(3)18(16-10-6-4-7-11-16)19-17-12-8-5-9-13-17/h4-13,15,18-19H,1H2,2-3H3/t15-,18+/m1/s1. The molecule has 98 valence electrons. The molecule has 0 spiro atoms. The Balaban J connectivity index is 2.27. The zero-order chi connectivity index (χ0) is 13.7. The number of anilines is 1. The Morgan fingerprint density at radius 3 is 2.00 bits per heavy atom. The molecule has 19 heavy (non-hydrogen) atoms. The molecule has 1 nitrogen and oxygen atoms in total. The first-order valence-corrected chi connectivity index (χ1v) is 6.70. The van der Waals surface area contributed by atoms with Crippen molar-refractivity contribution in [2.45, 2.75) is 19.9 Å². The fourth-order valence-electron chi connectivity index (χ4n) is 2.16. The Morgan fingerprint density at radius 2 is 1.47 bits per heavy atom. The molecule has 0 aliphatic rings. The van der Waals surface area contributed by atoms with Crippen molar-refractivity contribution >= 4 is 5.69 Å². The average molecular weight is 251 g/mol. The lowest BCUT2D eigenvalue weighted by Gasteiger charge is -2.27. The lowest BCUT2D eigenvalue weighted by molar-refractivity contribution is 0.574. The van der Waals surface area contributed by atoms with Gasteiger partial charge in [-0.25, -0.2) is 0 Å². The molecular formula is C18H21N. The summed E-state index contributed by atoms with van der Waals surface area (Å²) in [6.45, 7) is 8.41. The predicted molar refractivity (Wildman–Crippen MR) is 83.2 cm³/mol. The summed E-state index contributed by atoms with van der Waals surface area (Å²) in [4.78, 5) is 0. The van der Waals surface area contributed by atoms with Crippen molar-refractivity contribution in [3.8, 4) is 0 Å². The fraction of sp³-hybridized carbons (Fsp3) is 0.222. The van der Waals surface area contributed by atoms with Crippen molar-refractivity contribution < 1.29 is 0 Å². The largest absolute Gasteiger partial charge is 0.378 e. The molecule has 0 bridgehead atoms. The van der Waals surface area contributed by atoms with E-state index in [-0.39, 0.29) is 6.04 Å². The van der Waals surface area contributed by atoms with Crippen molar-refractivity contribution in [1.82, 2.24) is 0 Å². The number of rotatable bonds is 5. The van der Waals surface area contributed by atoms with E-state index in [1.807, 2.05) is 6.07 Å². The maximum atomic E-state index is 4.10. The Bertz CT molecular complexity index is 516. The molecule has 1 N–H and O–H groups in total. The third kappa shape index (κ3) is 3.47. The van der Waals surface area contributed by atoms with Crippen molar-refractivity contribution in [3.05, 3.63) is 78.4 Å². The number of benzene rings is 2. The summed E-state index contributed by atoms with van der Waals surface area (Å²) in [7, 11) is 0. The van der Waals surface area contributed by atoms with Crippen LogP contribution in [-0.4, -0.2) is 0 Å². The highest BCUT2D eigenvalue weighted by Crippen LogP contribution is 2.30. The van der Waals surface area contributed by atoms with E-state index in [1.54, 1.807) is 0 Å². The summed E-state index contributed by atoms with van der Waals surface area (Å²) < 4.78 is 0. The topological polar surface area (TPSA) is 12.0 Å². The molecule has 0 aromatic heterocycles. The minimum absolute atomic E-state index is 0.251. The highest BCUT2D eigenvalue weighted by molar-refractivity contribution is 5.46. The Hall–Kier alpha value is -2.02. The molecule has 0 aliphatic carbocycles. The van der Waals surface area contributed by atoms with Gasteiger partial charge in [0.2, 0.25) is 0 Å². The van der Waals surface area contributed by atoms with Crippen molar-refractivity contribution in [2.24, 2.45) is 5.92 Å². The first-order chi connectivity index (χ1) is 9.18. The van der Waals surface area contributed by atoms with Gasteiger partial charge >= 0.3 is 0 Å². The van der Waals surface area contributed by atoms with Crippen molar-refractivity contribution in [2.75, 3.05) is 5.32 Å². The second-order valence-corrected chi connectivity index (χ2v) is 5.03. The van der Waals surface area contributed by atoms with Gasteiger partial charge in [-0.1, -0.05) is 67.6 Å². The van der Waals surface area contributed by atoms with Crippen LogP contribution in [-0.2, 0) is 0 Å². The van der Waals surface area contributed by atoms with E-state index in [2.05, 4.69) is 80.3 Å². The molecule has 0 unspecified atom stereocenters. The van der Waals surface area contributed by atoms with E-state index in [0.717, 1.165) is 5.69 Å². The molecule has 0 radical (unpaired) electrons. The SMILES string of the molecule is C=C(C)[C@@H](C)[C@H](Nc1ccccc1)c1ccccc1. The van der Waals surface area contributed by atoms with Gasteiger partial charge in [-0.3, -0.25) is 0 Å².